The van der Waals surface area contributed by atoms with Crippen LogP contribution in [0.3, 0.4) is 0 Å². The van der Waals surface area contributed by atoms with Gasteiger partial charge in [0.15, 0.2) is 5.60 Å². The zero-order valence-electron chi connectivity index (χ0n) is 22.9. The lowest BCUT2D eigenvalue weighted by molar-refractivity contribution is -0.160. The predicted octanol–water partition coefficient (Wildman–Crippen LogP) is 3.63. The molecule has 2 aromatic rings. The quantitative estimate of drug-likeness (QED) is 0.586. The molecule has 5 rings (SSSR count). The zero-order valence-corrected chi connectivity index (χ0v) is 22.9. The zero-order chi connectivity index (χ0) is 27.1. The van der Waals surface area contributed by atoms with Crippen LogP contribution in [-0.4, -0.2) is 74.8 Å². The summed E-state index contributed by atoms with van der Waals surface area (Å²) >= 11 is 0. The molecule has 2 amide bonds. The van der Waals surface area contributed by atoms with Gasteiger partial charge in [-0.3, -0.25) is 14.5 Å². The summed E-state index contributed by atoms with van der Waals surface area (Å²) in [6, 6.07) is 16.1. The van der Waals surface area contributed by atoms with Gasteiger partial charge in [0.05, 0.1) is 19.7 Å². The second-order valence-electron chi connectivity index (χ2n) is 10.9. The maximum atomic E-state index is 13.3. The number of piperidine rings is 1. The largest absolute Gasteiger partial charge is 0.491 e. The third kappa shape index (κ3) is 6.99. The first-order valence-electron chi connectivity index (χ1n) is 14.2. The Hall–Kier alpha value is -3.36. The van der Waals surface area contributed by atoms with Crippen molar-refractivity contribution in [3.8, 4) is 5.75 Å². The summed E-state index contributed by atoms with van der Waals surface area (Å²) in [7, 11) is 0. The van der Waals surface area contributed by atoms with Gasteiger partial charge in [0.2, 0.25) is 5.91 Å². The topological polar surface area (TPSA) is 83.1 Å². The molecule has 2 aromatic carbocycles. The lowest BCUT2D eigenvalue weighted by atomic mass is 9.94. The van der Waals surface area contributed by atoms with Crippen LogP contribution in [0.1, 0.15) is 31.7 Å². The number of hydrogen-bond donors (Lipinski definition) is 2. The fraction of sp³-hybridized carbons (Fsp3) is 0.484. The summed E-state index contributed by atoms with van der Waals surface area (Å²) in [6.45, 7) is 6.74. The fourth-order valence-electron chi connectivity index (χ4n) is 5.71. The van der Waals surface area contributed by atoms with Crippen molar-refractivity contribution in [2.75, 3.05) is 62.7 Å². The van der Waals surface area contributed by atoms with E-state index in [1.807, 2.05) is 41.3 Å². The number of amides is 2. The smallest absolute Gasteiger partial charge is 0.254 e. The fourth-order valence-corrected chi connectivity index (χ4v) is 5.71. The van der Waals surface area contributed by atoms with Crippen molar-refractivity contribution in [2.45, 2.75) is 38.2 Å². The van der Waals surface area contributed by atoms with Crippen molar-refractivity contribution in [3.05, 3.63) is 66.2 Å². The van der Waals surface area contributed by atoms with Crippen LogP contribution in [0.25, 0.3) is 0 Å². The van der Waals surface area contributed by atoms with E-state index in [4.69, 9.17) is 9.47 Å². The molecular formula is C31H40N4O4. The highest BCUT2D eigenvalue weighted by molar-refractivity contribution is 5.92. The molecule has 1 spiro atoms. The van der Waals surface area contributed by atoms with E-state index in [1.165, 1.54) is 18.5 Å². The molecule has 8 nitrogen and oxygen atoms in total. The summed E-state index contributed by atoms with van der Waals surface area (Å²) in [5.41, 5.74) is 2.05. The maximum absolute atomic E-state index is 13.3. The third-order valence-electron chi connectivity index (χ3n) is 7.79. The van der Waals surface area contributed by atoms with Crippen LogP contribution in [0.15, 0.2) is 60.7 Å². The van der Waals surface area contributed by atoms with Crippen molar-refractivity contribution in [1.82, 2.24) is 10.2 Å². The Balaban J connectivity index is 1.19. The molecule has 39 heavy (non-hydrogen) atoms. The molecule has 0 saturated carbocycles. The van der Waals surface area contributed by atoms with Crippen LogP contribution in [0, 0.1) is 5.92 Å². The Kier molecular flexibility index (Phi) is 8.84. The van der Waals surface area contributed by atoms with E-state index in [-0.39, 0.29) is 18.4 Å². The minimum absolute atomic E-state index is 0.0968. The standard InChI is InChI=1S/C31H40N4O4/c1-24-7-6-17-35(21-24)27-13-11-26(12-14-27)33-29(36)22-34-18-20-39-31(23-34)15-5-4-9-25-8-2-3-10-28(25)38-19-16-32-30(31)37/h2-5,8,10-14,24H,6-7,9,15-23H2,1H3,(H,32,37)(H,33,36)/b5-4+. The molecule has 3 heterocycles. The Morgan fingerprint density at radius 3 is 2.79 bits per heavy atom. The second-order valence-corrected chi connectivity index (χ2v) is 10.9. The number of carbonyl (C=O) groups excluding carboxylic acids is 2. The van der Waals surface area contributed by atoms with Crippen LogP contribution in [0.2, 0.25) is 0 Å². The van der Waals surface area contributed by atoms with Gasteiger partial charge in [-0.25, -0.2) is 0 Å². The van der Waals surface area contributed by atoms with E-state index >= 15 is 0 Å². The number of rotatable bonds is 4. The monoisotopic (exact) mass is 532 g/mol. The Labute approximate surface area is 231 Å². The normalized spacial score (nSPS) is 25.4. The number of benzene rings is 2. The molecule has 208 valence electrons. The molecule has 0 aromatic heterocycles. The number of anilines is 2. The van der Waals surface area contributed by atoms with Gasteiger partial charge >= 0.3 is 0 Å². The minimum Gasteiger partial charge on any atom is -0.491 e. The van der Waals surface area contributed by atoms with Gasteiger partial charge in [0, 0.05) is 44.0 Å². The van der Waals surface area contributed by atoms with E-state index in [0.717, 1.165) is 36.5 Å². The van der Waals surface area contributed by atoms with E-state index in [1.54, 1.807) is 0 Å². The van der Waals surface area contributed by atoms with E-state index < -0.39 is 5.60 Å². The van der Waals surface area contributed by atoms with Crippen molar-refractivity contribution < 1.29 is 19.1 Å². The van der Waals surface area contributed by atoms with Crippen LogP contribution in [0.5, 0.6) is 5.75 Å². The van der Waals surface area contributed by atoms with Gasteiger partial charge in [-0.15, -0.1) is 0 Å². The van der Waals surface area contributed by atoms with Crippen molar-refractivity contribution in [1.29, 1.82) is 0 Å². The number of allylic oxidation sites excluding steroid dienone is 1. The average Bonchev–Trinajstić information content (AvgIpc) is 2.94. The van der Waals surface area contributed by atoms with E-state index in [9.17, 15) is 9.59 Å². The van der Waals surface area contributed by atoms with Gasteiger partial charge in [0.25, 0.3) is 5.91 Å². The molecule has 2 N–H and O–H groups in total. The SMILES string of the molecule is CC1CCCN(c2ccc(NC(=O)CN3CCOC4(C/C=C/Cc5ccccc5OCCNC4=O)C3)cc2)C1. The highest BCUT2D eigenvalue weighted by Crippen LogP contribution is 2.26. The molecule has 3 aliphatic rings. The number of nitrogens with zero attached hydrogens (tertiary/aromatic N) is 2. The number of para-hydroxylation sites is 1. The first kappa shape index (κ1) is 27.2. The molecule has 2 saturated heterocycles. The van der Waals surface area contributed by atoms with Gasteiger partial charge < -0.3 is 25.0 Å². The number of hydrogen-bond acceptors (Lipinski definition) is 6. The average molecular weight is 533 g/mol. The highest BCUT2D eigenvalue weighted by Gasteiger charge is 2.43. The molecule has 0 aliphatic carbocycles. The summed E-state index contributed by atoms with van der Waals surface area (Å²) < 4.78 is 12.0. The molecular weight excluding hydrogens is 492 g/mol. The summed E-state index contributed by atoms with van der Waals surface area (Å²) in [5, 5.41) is 6.01. The summed E-state index contributed by atoms with van der Waals surface area (Å²) in [5.74, 6) is 1.28. The summed E-state index contributed by atoms with van der Waals surface area (Å²) in [4.78, 5) is 30.7. The van der Waals surface area contributed by atoms with Crippen molar-refractivity contribution in [3.63, 3.8) is 0 Å². The lowest BCUT2D eigenvalue weighted by Gasteiger charge is -2.41. The third-order valence-corrected chi connectivity index (χ3v) is 7.79. The van der Waals surface area contributed by atoms with Gasteiger partial charge in [-0.05, 0) is 61.1 Å². The van der Waals surface area contributed by atoms with Gasteiger partial charge in [-0.2, -0.15) is 0 Å². The Bertz CT molecular complexity index is 1170. The van der Waals surface area contributed by atoms with E-state index in [0.29, 0.717) is 45.2 Å². The van der Waals surface area contributed by atoms with Crippen LogP contribution < -0.4 is 20.3 Å². The molecule has 2 atom stereocenters. The summed E-state index contributed by atoms with van der Waals surface area (Å²) in [6.07, 6.45) is 7.73. The molecule has 3 aliphatic heterocycles. The Morgan fingerprint density at radius 2 is 1.95 bits per heavy atom. The number of fused-ring (bicyclic) bond motifs is 1. The van der Waals surface area contributed by atoms with Crippen LogP contribution in [-0.2, 0) is 20.7 Å². The first-order chi connectivity index (χ1) is 19.0. The lowest BCUT2D eigenvalue weighted by Crippen LogP contribution is -2.60. The molecule has 8 heteroatoms. The van der Waals surface area contributed by atoms with Crippen LogP contribution >= 0.6 is 0 Å². The maximum Gasteiger partial charge on any atom is 0.254 e. The molecule has 0 bridgehead atoms. The number of carbonyl (C=O) groups is 2. The van der Waals surface area contributed by atoms with Crippen molar-refractivity contribution >= 4 is 23.2 Å². The van der Waals surface area contributed by atoms with Crippen LogP contribution in [0.4, 0.5) is 11.4 Å². The second kappa shape index (κ2) is 12.7. The van der Waals surface area contributed by atoms with E-state index in [2.05, 4.69) is 46.7 Å². The Morgan fingerprint density at radius 1 is 1.10 bits per heavy atom. The first-order valence-corrected chi connectivity index (χ1v) is 14.2. The van der Waals surface area contributed by atoms with Gasteiger partial charge in [-0.1, -0.05) is 37.3 Å². The van der Waals surface area contributed by atoms with Crippen molar-refractivity contribution in [2.24, 2.45) is 5.92 Å². The number of morpholine rings is 1. The number of nitrogens with one attached hydrogen (secondary N) is 2. The highest BCUT2D eigenvalue weighted by atomic mass is 16.5. The molecule has 2 fully saturated rings. The minimum atomic E-state index is -1.04. The molecule has 0 radical (unpaired) electrons. The van der Waals surface area contributed by atoms with Gasteiger partial charge in [0.1, 0.15) is 12.4 Å². The molecule has 2 unspecified atom stereocenters. The number of ether oxygens (including phenoxy) is 2. The predicted molar refractivity (Wildman–Crippen MR) is 153 cm³/mol.